The maximum absolute atomic E-state index is 15.3. The highest BCUT2D eigenvalue weighted by Crippen LogP contribution is 2.88. The van der Waals surface area contributed by atoms with E-state index in [4.69, 9.17) is 0 Å². The van der Waals surface area contributed by atoms with Crippen molar-refractivity contribution in [3.05, 3.63) is 0 Å². The van der Waals surface area contributed by atoms with Crippen molar-refractivity contribution in [2.24, 2.45) is 45.3 Å². The number of hydrogen-bond acceptors (Lipinski definition) is 7. The van der Waals surface area contributed by atoms with Gasteiger partial charge in [-0.1, -0.05) is 80.1 Å². The molecule has 0 aromatic heterocycles. The normalized spacial score (nSPS) is 30.4. The molecule has 1 N–H and O–H groups in total. The Morgan fingerprint density at radius 2 is 1.46 bits per heavy atom. The van der Waals surface area contributed by atoms with E-state index in [1.165, 1.54) is 0 Å². The van der Waals surface area contributed by atoms with E-state index >= 15 is 4.79 Å². The number of nitrogens with one attached hydrogen (secondary N) is 1. The Balaban J connectivity index is 1.13. The summed E-state index contributed by atoms with van der Waals surface area (Å²) in [7, 11) is 0. The van der Waals surface area contributed by atoms with E-state index in [1.807, 2.05) is 32.6 Å². The van der Waals surface area contributed by atoms with Crippen LogP contribution < -0.4 is 5.32 Å². The molecular formula is C47H73N3O6. The highest BCUT2D eigenvalue weighted by Gasteiger charge is 2.85. The zero-order valence-electron chi connectivity index (χ0n) is 35.7. The highest BCUT2D eigenvalue weighted by atomic mass is 16.2. The molecular weight excluding hydrogens is 703 g/mol. The fraction of sp³-hybridized carbons (Fsp3) is 0.872. The first-order chi connectivity index (χ1) is 26.5. The van der Waals surface area contributed by atoms with E-state index in [0.29, 0.717) is 37.8 Å². The molecule has 0 aromatic carbocycles. The molecule has 2 spiro atoms. The first-order valence-electron chi connectivity index (χ1n) is 23.0. The molecule has 56 heavy (non-hydrogen) atoms. The predicted octanol–water partition coefficient (Wildman–Crippen LogP) is 7.80. The quantitative estimate of drug-likeness (QED) is 0.150. The third-order valence-corrected chi connectivity index (χ3v) is 16.7. The van der Waals surface area contributed by atoms with Crippen molar-refractivity contribution in [2.75, 3.05) is 13.1 Å². The van der Waals surface area contributed by atoms with Gasteiger partial charge in [-0.05, 0) is 112 Å². The zero-order valence-corrected chi connectivity index (χ0v) is 35.7. The van der Waals surface area contributed by atoms with Crippen LogP contribution in [0.1, 0.15) is 176 Å². The maximum Gasteiger partial charge on any atom is 0.237 e. The first kappa shape index (κ1) is 41.7. The number of amides is 2. The van der Waals surface area contributed by atoms with Gasteiger partial charge in [0.2, 0.25) is 17.6 Å². The van der Waals surface area contributed by atoms with E-state index in [9.17, 15) is 24.0 Å². The molecule has 7 fully saturated rings. The second kappa shape index (κ2) is 16.0. The molecule has 2 aliphatic heterocycles. The van der Waals surface area contributed by atoms with Crippen molar-refractivity contribution in [2.45, 2.75) is 201 Å². The second-order valence-corrected chi connectivity index (χ2v) is 21.4. The molecule has 9 heteroatoms. The Hall–Kier alpha value is -2.42. The second-order valence-electron chi connectivity index (χ2n) is 21.4. The number of carbonyl (C=O) groups excluding carboxylic acids is 6. The lowest BCUT2D eigenvalue weighted by Crippen LogP contribution is -2.56. The van der Waals surface area contributed by atoms with E-state index in [2.05, 4.69) is 24.1 Å². The summed E-state index contributed by atoms with van der Waals surface area (Å²) in [4.78, 5) is 89.5. The monoisotopic (exact) mass is 776 g/mol. The Morgan fingerprint density at radius 3 is 2.04 bits per heavy atom. The smallest absolute Gasteiger partial charge is 0.237 e. The van der Waals surface area contributed by atoms with Crippen LogP contribution in [0.25, 0.3) is 0 Å². The molecule has 312 valence electrons. The number of ketones is 4. The third-order valence-electron chi connectivity index (χ3n) is 16.7. The van der Waals surface area contributed by atoms with Crippen LogP contribution in [-0.2, 0) is 28.8 Å². The Morgan fingerprint density at radius 1 is 0.786 bits per heavy atom. The van der Waals surface area contributed by atoms with Crippen LogP contribution in [-0.4, -0.2) is 82.0 Å². The fourth-order valence-corrected chi connectivity index (χ4v) is 12.6. The molecule has 9 nitrogen and oxygen atoms in total. The van der Waals surface area contributed by atoms with Gasteiger partial charge < -0.3 is 10.2 Å². The minimum absolute atomic E-state index is 0.0189. The van der Waals surface area contributed by atoms with Gasteiger partial charge in [-0.3, -0.25) is 33.7 Å². The summed E-state index contributed by atoms with van der Waals surface area (Å²) in [5.74, 6) is -2.09. The summed E-state index contributed by atoms with van der Waals surface area (Å²) >= 11 is 0. The van der Waals surface area contributed by atoms with Crippen LogP contribution in [0.4, 0.5) is 0 Å². The topological polar surface area (TPSA) is 121 Å². The van der Waals surface area contributed by atoms with Gasteiger partial charge in [0.1, 0.15) is 0 Å². The maximum atomic E-state index is 15.3. The molecule has 7 aliphatic rings. The summed E-state index contributed by atoms with van der Waals surface area (Å²) in [5, 5.41) is 3.32. The zero-order chi connectivity index (χ0) is 40.2. The van der Waals surface area contributed by atoms with Gasteiger partial charge in [0, 0.05) is 49.1 Å². The van der Waals surface area contributed by atoms with Crippen LogP contribution in [0.2, 0.25) is 0 Å². The van der Waals surface area contributed by atoms with Gasteiger partial charge >= 0.3 is 0 Å². The molecule has 2 saturated heterocycles. The number of fused-ring (bicyclic) bond motifs is 1. The molecule has 5 saturated carbocycles. The van der Waals surface area contributed by atoms with Crippen LogP contribution in [0.15, 0.2) is 0 Å². The highest BCUT2D eigenvalue weighted by molar-refractivity contribution is 6.38. The number of Topliss-reactive ketones (excluding diaryl/α,β-unsaturated/α-hetero) is 4. The summed E-state index contributed by atoms with van der Waals surface area (Å²) in [5.41, 5.74) is -0.684. The van der Waals surface area contributed by atoms with E-state index in [1.54, 1.807) is 0 Å². The SMILES string of the molecule is CCC[C@H](CC(=O)[C@@H]1C[C@@]2(CN1C(=O)[C@@H](CC(=O)[C@@H](NC(=O)[C@@H]1CCCCN1C1CC1)C1CCCCC1)C(C)(C)C)C(C)(C)C21CCC1)C(=O)C(=O)CC1CC1. The molecule has 0 unspecified atom stereocenters. The molecule has 5 aliphatic carbocycles. The number of carbonyl (C=O) groups is 6. The molecule has 6 atom stereocenters. The van der Waals surface area contributed by atoms with Crippen LogP contribution in [0.3, 0.4) is 0 Å². The average Bonchev–Trinajstić information content (AvgIpc) is 4.10. The van der Waals surface area contributed by atoms with Crippen molar-refractivity contribution in [3.63, 3.8) is 0 Å². The molecule has 0 bridgehead atoms. The molecule has 0 aromatic rings. The summed E-state index contributed by atoms with van der Waals surface area (Å²) in [6.45, 7) is 14.1. The lowest BCUT2D eigenvalue weighted by atomic mass is 9.73. The average molecular weight is 776 g/mol. The first-order valence-corrected chi connectivity index (χ1v) is 23.0. The van der Waals surface area contributed by atoms with Crippen molar-refractivity contribution in [1.82, 2.24) is 15.1 Å². The van der Waals surface area contributed by atoms with E-state index < -0.39 is 35.1 Å². The molecule has 2 amide bonds. The summed E-state index contributed by atoms with van der Waals surface area (Å²) in [6, 6.07) is -1.02. The van der Waals surface area contributed by atoms with Gasteiger partial charge in [0.15, 0.2) is 17.3 Å². The van der Waals surface area contributed by atoms with Crippen molar-refractivity contribution in [1.29, 1.82) is 0 Å². The minimum atomic E-state index is -0.680. The molecule has 2 heterocycles. The number of rotatable bonds is 17. The summed E-state index contributed by atoms with van der Waals surface area (Å²) < 4.78 is 0. The van der Waals surface area contributed by atoms with Crippen LogP contribution in [0.5, 0.6) is 0 Å². The summed E-state index contributed by atoms with van der Waals surface area (Å²) in [6.07, 6.45) is 17.6. The predicted molar refractivity (Wildman–Crippen MR) is 216 cm³/mol. The van der Waals surface area contributed by atoms with Gasteiger partial charge in [0.05, 0.1) is 18.1 Å². The Kier molecular flexibility index (Phi) is 11.9. The van der Waals surface area contributed by atoms with E-state index in [-0.39, 0.29) is 76.6 Å². The largest absolute Gasteiger partial charge is 0.345 e. The van der Waals surface area contributed by atoms with Crippen molar-refractivity contribution < 1.29 is 28.8 Å². The van der Waals surface area contributed by atoms with Gasteiger partial charge in [-0.15, -0.1) is 0 Å². The van der Waals surface area contributed by atoms with Crippen molar-refractivity contribution in [3.8, 4) is 0 Å². The fourth-order valence-electron chi connectivity index (χ4n) is 12.6. The third kappa shape index (κ3) is 7.74. The lowest BCUT2D eigenvalue weighted by molar-refractivity contribution is -0.147. The van der Waals surface area contributed by atoms with Gasteiger partial charge in [-0.25, -0.2) is 0 Å². The Labute approximate surface area is 337 Å². The number of nitrogens with zero attached hydrogens (tertiary/aromatic N) is 2. The van der Waals surface area contributed by atoms with Crippen molar-refractivity contribution >= 4 is 34.9 Å². The number of hydrogen-bond donors (Lipinski definition) is 1. The van der Waals surface area contributed by atoms with Gasteiger partial charge in [-0.2, -0.15) is 0 Å². The number of likely N-dealkylation sites (tertiary alicyclic amines) is 2. The van der Waals surface area contributed by atoms with Crippen LogP contribution in [0, 0.1) is 45.3 Å². The lowest BCUT2D eigenvalue weighted by Gasteiger charge is -2.39. The van der Waals surface area contributed by atoms with E-state index in [0.717, 1.165) is 103 Å². The number of piperidine rings is 1. The van der Waals surface area contributed by atoms with Crippen LogP contribution >= 0.6 is 0 Å². The minimum Gasteiger partial charge on any atom is -0.345 e. The molecule has 7 rings (SSSR count). The Bertz CT molecular complexity index is 1540. The van der Waals surface area contributed by atoms with Gasteiger partial charge in [0.25, 0.3) is 0 Å². The standard InChI is InChI=1S/C47H73N3O6/c1-7-14-32(41(54)39(53)25-30-18-19-30)26-37(51)36-28-47(45(5,6)46(47)22-13-23-46)29-50(36)43(56)34(44(2,3)4)27-38(52)40(31-15-9-8-10-16-31)48-42(55)35-17-11-12-24-49(35)33-20-21-33/h30-36,40H,7-29H2,1-6H3,(H,48,55)/t32-,34-,35+,36+,40+,47-/m1/s1. The molecule has 0 radical (unpaired) electrons.